The molecule has 1 aliphatic rings. The first-order valence-electron chi connectivity index (χ1n) is 11.0. The first-order valence-corrected chi connectivity index (χ1v) is 11.0. The SMILES string of the molecule is COc1ccc(CCn2nnnc2[C@@H](c2ccc(C)cc2)N2CCN(C)CC2)cc1OC. The highest BCUT2D eigenvalue weighted by Gasteiger charge is 2.29. The summed E-state index contributed by atoms with van der Waals surface area (Å²) < 4.78 is 12.7. The van der Waals surface area contributed by atoms with Gasteiger partial charge >= 0.3 is 0 Å². The van der Waals surface area contributed by atoms with Gasteiger partial charge < -0.3 is 14.4 Å². The standard InChI is InChI=1S/C24H32N6O2/c1-18-5-8-20(9-6-18)23(29-15-13-28(2)14-16-29)24-25-26-27-30(24)12-11-19-7-10-21(31-3)22(17-19)32-4/h5-10,17,23H,11-16H2,1-4H3/t23-/m1/s1. The zero-order chi connectivity index (χ0) is 22.5. The van der Waals surface area contributed by atoms with Gasteiger partial charge in [-0.25, -0.2) is 4.68 Å². The Balaban J connectivity index is 1.58. The van der Waals surface area contributed by atoms with Gasteiger partial charge in [-0.3, -0.25) is 4.90 Å². The number of benzene rings is 2. The normalized spacial score (nSPS) is 16.1. The number of methoxy groups -OCH3 is 2. The van der Waals surface area contributed by atoms with Crippen molar-refractivity contribution < 1.29 is 9.47 Å². The second kappa shape index (κ2) is 10.1. The van der Waals surface area contributed by atoms with Crippen LogP contribution in [0.3, 0.4) is 0 Å². The zero-order valence-electron chi connectivity index (χ0n) is 19.4. The second-order valence-electron chi connectivity index (χ2n) is 8.35. The summed E-state index contributed by atoms with van der Waals surface area (Å²) in [5.74, 6) is 2.35. The third-order valence-corrected chi connectivity index (χ3v) is 6.16. The van der Waals surface area contributed by atoms with Crippen LogP contribution in [0, 0.1) is 6.92 Å². The Labute approximate surface area is 189 Å². The Morgan fingerprint density at radius 1 is 0.938 bits per heavy atom. The van der Waals surface area contributed by atoms with Crippen LogP contribution < -0.4 is 9.47 Å². The largest absolute Gasteiger partial charge is 0.493 e. The molecule has 1 aromatic heterocycles. The van der Waals surface area contributed by atoms with Crippen molar-refractivity contribution in [3.05, 3.63) is 65.0 Å². The molecular weight excluding hydrogens is 404 g/mol. The van der Waals surface area contributed by atoms with Crippen LogP contribution in [0.4, 0.5) is 0 Å². The fourth-order valence-electron chi connectivity index (χ4n) is 4.19. The van der Waals surface area contributed by atoms with Crippen molar-refractivity contribution in [3.8, 4) is 11.5 Å². The lowest BCUT2D eigenvalue weighted by Gasteiger charge is -2.37. The molecule has 0 N–H and O–H groups in total. The number of piperazine rings is 1. The third-order valence-electron chi connectivity index (χ3n) is 6.16. The van der Waals surface area contributed by atoms with Crippen LogP contribution >= 0.6 is 0 Å². The summed E-state index contributed by atoms with van der Waals surface area (Å²) in [6.07, 6.45) is 0.793. The average molecular weight is 437 g/mol. The predicted octanol–water partition coefficient (Wildman–Crippen LogP) is 2.58. The number of nitrogens with zero attached hydrogens (tertiary/aromatic N) is 6. The molecule has 3 aromatic rings. The van der Waals surface area contributed by atoms with E-state index in [9.17, 15) is 0 Å². The Morgan fingerprint density at radius 2 is 1.66 bits per heavy atom. The predicted molar refractivity (Wildman–Crippen MR) is 123 cm³/mol. The van der Waals surface area contributed by atoms with Crippen LogP contribution in [0.25, 0.3) is 0 Å². The second-order valence-corrected chi connectivity index (χ2v) is 8.35. The monoisotopic (exact) mass is 436 g/mol. The quantitative estimate of drug-likeness (QED) is 0.538. The first-order chi connectivity index (χ1) is 15.6. The molecule has 0 bridgehead atoms. The maximum Gasteiger partial charge on any atom is 0.173 e. The van der Waals surface area contributed by atoms with E-state index in [1.165, 1.54) is 11.1 Å². The summed E-state index contributed by atoms with van der Waals surface area (Å²) in [4.78, 5) is 4.85. The van der Waals surface area contributed by atoms with Gasteiger partial charge in [0.15, 0.2) is 17.3 Å². The molecule has 0 saturated carbocycles. The van der Waals surface area contributed by atoms with Crippen molar-refractivity contribution in [2.24, 2.45) is 0 Å². The highest BCUT2D eigenvalue weighted by molar-refractivity contribution is 5.42. The topological polar surface area (TPSA) is 68.5 Å². The molecule has 8 heteroatoms. The maximum absolute atomic E-state index is 5.45. The van der Waals surface area contributed by atoms with Crippen LogP contribution in [0.1, 0.15) is 28.6 Å². The highest BCUT2D eigenvalue weighted by Crippen LogP contribution is 2.30. The van der Waals surface area contributed by atoms with Gasteiger partial charge in [0.2, 0.25) is 0 Å². The average Bonchev–Trinajstić information content (AvgIpc) is 3.28. The molecule has 4 rings (SSSR count). The van der Waals surface area contributed by atoms with E-state index in [-0.39, 0.29) is 6.04 Å². The van der Waals surface area contributed by atoms with Crippen LogP contribution in [0.15, 0.2) is 42.5 Å². The van der Waals surface area contributed by atoms with Crippen molar-refractivity contribution in [2.45, 2.75) is 25.9 Å². The van der Waals surface area contributed by atoms with Crippen molar-refractivity contribution >= 4 is 0 Å². The van der Waals surface area contributed by atoms with E-state index in [2.05, 4.69) is 69.6 Å². The van der Waals surface area contributed by atoms with Gasteiger partial charge in [-0.05, 0) is 54.1 Å². The van der Waals surface area contributed by atoms with E-state index >= 15 is 0 Å². The summed E-state index contributed by atoms with van der Waals surface area (Å²) in [5.41, 5.74) is 3.62. The number of hydrogen-bond donors (Lipinski definition) is 0. The molecule has 0 spiro atoms. The van der Waals surface area contributed by atoms with Gasteiger partial charge in [-0.15, -0.1) is 5.10 Å². The Hall–Kier alpha value is -2.97. The first kappa shape index (κ1) is 22.2. The molecule has 1 atom stereocenters. The Kier molecular flexibility index (Phi) is 7.02. The summed E-state index contributed by atoms with van der Waals surface area (Å²) in [5, 5.41) is 12.9. The van der Waals surface area contributed by atoms with E-state index in [0.29, 0.717) is 6.54 Å². The fraction of sp³-hybridized carbons (Fsp3) is 0.458. The maximum atomic E-state index is 5.45. The lowest BCUT2D eigenvalue weighted by atomic mass is 10.0. The van der Waals surface area contributed by atoms with Crippen LogP contribution in [-0.2, 0) is 13.0 Å². The van der Waals surface area contributed by atoms with Crippen LogP contribution in [-0.4, -0.2) is 77.5 Å². The Bertz CT molecular complexity index is 1010. The molecule has 170 valence electrons. The summed E-state index contributed by atoms with van der Waals surface area (Å²) in [7, 11) is 5.48. The van der Waals surface area contributed by atoms with Gasteiger partial charge in [0.25, 0.3) is 0 Å². The molecule has 1 fully saturated rings. The number of likely N-dealkylation sites (N-methyl/N-ethyl adjacent to an activating group) is 1. The van der Waals surface area contributed by atoms with Crippen molar-refractivity contribution in [3.63, 3.8) is 0 Å². The molecule has 0 aliphatic carbocycles. The molecule has 1 saturated heterocycles. The number of tetrazole rings is 1. The number of hydrogen-bond acceptors (Lipinski definition) is 7. The van der Waals surface area contributed by atoms with Crippen LogP contribution in [0.2, 0.25) is 0 Å². The molecule has 2 heterocycles. The minimum Gasteiger partial charge on any atom is -0.493 e. The summed E-state index contributed by atoms with van der Waals surface area (Å²) >= 11 is 0. The number of rotatable bonds is 8. The van der Waals surface area contributed by atoms with E-state index in [0.717, 1.165) is 55.5 Å². The van der Waals surface area contributed by atoms with Gasteiger partial charge in [-0.2, -0.15) is 0 Å². The molecule has 0 unspecified atom stereocenters. The minimum atomic E-state index is 0.0321. The van der Waals surface area contributed by atoms with Gasteiger partial charge in [-0.1, -0.05) is 35.9 Å². The van der Waals surface area contributed by atoms with E-state index in [1.807, 2.05) is 16.8 Å². The third kappa shape index (κ3) is 4.92. The zero-order valence-corrected chi connectivity index (χ0v) is 19.4. The Morgan fingerprint density at radius 3 is 2.34 bits per heavy atom. The van der Waals surface area contributed by atoms with Gasteiger partial charge in [0.1, 0.15) is 0 Å². The number of aromatic nitrogens is 4. The van der Waals surface area contributed by atoms with Gasteiger partial charge in [0, 0.05) is 32.7 Å². The van der Waals surface area contributed by atoms with Gasteiger partial charge in [0.05, 0.1) is 20.3 Å². The molecular formula is C24H32N6O2. The highest BCUT2D eigenvalue weighted by atomic mass is 16.5. The molecule has 32 heavy (non-hydrogen) atoms. The molecule has 0 radical (unpaired) electrons. The number of aryl methyl sites for hydroxylation is 3. The fourth-order valence-corrected chi connectivity index (χ4v) is 4.19. The van der Waals surface area contributed by atoms with Crippen molar-refractivity contribution in [1.82, 2.24) is 30.0 Å². The smallest absolute Gasteiger partial charge is 0.173 e. The van der Waals surface area contributed by atoms with E-state index in [1.54, 1.807) is 14.2 Å². The van der Waals surface area contributed by atoms with Crippen molar-refractivity contribution in [2.75, 3.05) is 47.4 Å². The van der Waals surface area contributed by atoms with Crippen molar-refractivity contribution in [1.29, 1.82) is 0 Å². The lowest BCUT2D eigenvalue weighted by Crippen LogP contribution is -2.46. The molecule has 0 amide bonds. The molecule has 1 aliphatic heterocycles. The number of ether oxygens (including phenoxy) is 2. The van der Waals surface area contributed by atoms with Crippen LogP contribution in [0.5, 0.6) is 11.5 Å². The van der Waals surface area contributed by atoms with E-state index < -0.39 is 0 Å². The molecule has 2 aromatic carbocycles. The lowest BCUT2D eigenvalue weighted by molar-refractivity contribution is 0.121. The minimum absolute atomic E-state index is 0.0321. The summed E-state index contributed by atoms with van der Waals surface area (Å²) in [6.45, 7) is 6.84. The summed E-state index contributed by atoms with van der Waals surface area (Å²) in [6, 6.07) is 14.8. The molecule has 8 nitrogen and oxygen atoms in total. The van der Waals surface area contributed by atoms with E-state index in [4.69, 9.17) is 9.47 Å².